The number of nitrogens with zero attached hydrogens (tertiary/aromatic N) is 5. The van der Waals surface area contributed by atoms with Crippen molar-refractivity contribution < 1.29 is 22.7 Å². The molecule has 3 aromatic rings. The van der Waals surface area contributed by atoms with Gasteiger partial charge in [-0.15, -0.1) is 0 Å². The number of carbonyl (C=O) groups is 1. The Kier molecular flexibility index (Phi) is 8.47. The maximum absolute atomic E-state index is 13.5. The second-order valence-corrected chi connectivity index (χ2v) is 13.7. The normalized spacial score (nSPS) is 20.2. The summed E-state index contributed by atoms with van der Waals surface area (Å²) < 4.78 is 37.1. The lowest BCUT2D eigenvalue weighted by molar-refractivity contribution is -0.110. The van der Waals surface area contributed by atoms with Crippen molar-refractivity contribution in [3.05, 3.63) is 42.0 Å². The number of hydrogen-bond donors (Lipinski definition) is 1. The van der Waals surface area contributed by atoms with Gasteiger partial charge in [0.25, 0.3) is 5.91 Å². The minimum Gasteiger partial charge on any atom is -0.476 e. The summed E-state index contributed by atoms with van der Waals surface area (Å²) in [5.41, 5.74) is 1.41. The van der Waals surface area contributed by atoms with Crippen LogP contribution in [0.4, 0.5) is 5.13 Å². The third-order valence-corrected chi connectivity index (χ3v) is 10.7. The molecule has 1 unspecified atom stereocenters. The highest BCUT2D eigenvalue weighted by Gasteiger charge is 2.31. The van der Waals surface area contributed by atoms with E-state index in [2.05, 4.69) is 25.3 Å². The van der Waals surface area contributed by atoms with Crippen LogP contribution in [-0.2, 0) is 19.4 Å². The van der Waals surface area contributed by atoms with E-state index in [1.807, 2.05) is 11.1 Å². The molecule has 1 atom stereocenters. The smallest absolute Gasteiger partial charge is 0.278 e. The van der Waals surface area contributed by atoms with E-state index in [4.69, 9.17) is 9.47 Å². The van der Waals surface area contributed by atoms with Gasteiger partial charge in [-0.25, -0.2) is 18.4 Å². The molecule has 0 aliphatic carbocycles. The topological polar surface area (TPSA) is 126 Å². The number of thiazole rings is 1. The second-order valence-electron chi connectivity index (χ2n) is 10.5. The van der Waals surface area contributed by atoms with Crippen LogP contribution >= 0.6 is 11.3 Å². The molecule has 13 heteroatoms. The molecule has 218 valence electrons. The van der Waals surface area contributed by atoms with Gasteiger partial charge in [-0.1, -0.05) is 23.5 Å². The molecule has 1 amide bonds. The SMILES string of the molecule is O=C(Nc1nc2ccc(OCCN3CCCC3)nc2s1)/C(=N\N1CCCC1)c1ccc(S(=O)(=O)C2CCOC2)cc1. The number of benzene rings is 1. The Labute approximate surface area is 243 Å². The average Bonchev–Trinajstić information content (AvgIpc) is 3.80. The Morgan fingerprint density at radius 2 is 1.80 bits per heavy atom. The molecule has 3 fully saturated rings. The number of pyridine rings is 1. The van der Waals surface area contributed by atoms with Crippen molar-refractivity contribution in [2.24, 2.45) is 5.10 Å². The van der Waals surface area contributed by atoms with Crippen molar-refractivity contribution in [2.45, 2.75) is 42.2 Å². The summed E-state index contributed by atoms with van der Waals surface area (Å²) in [6, 6.07) is 10.0. The molecule has 3 aliphatic heterocycles. The molecule has 41 heavy (non-hydrogen) atoms. The first kappa shape index (κ1) is 28.0. The molecule has 3 saturated heterocycles. The van der Waals surface area contributed by atoms with E-state index < -0.39 is 21.0 Å². The molecule has 0 bridgehead atoms. The summed E-state index contributed by atoms with van der Waals surface area (Å²) in [6.07, 6.45) is 4.98. The van der Waals surface area contributed by atoms with Crippen molar-refractivity contribution in [3.63, 3.8) is 0 Å². The van der Waals surface area contributed by atoms with Gasteiger partial charge in [0, 0.05) is 37.9 Å². The number of sulfone groups is 1. The maximum atomic E-state index is 13.5. The Morgan fingerprint density at radius 3 is 2.54 bits per heavy atom. The summed E-state index contributed by atoms with van der Waals surface area (Å²) in [7, 11) is -3.50. The standard InChI is InChI=1S/C28H34N6O5S2/c35-26(31-28-29-23-9-10-24(30-27(23)40-28)39-18-16-33-12-1-2-13-33)25(32-34-14-3-4-15-34)20-5-7-21(8-6-20)41(36,37)22-11-17-38-19-22/h5-10,22H,1-4,11-19H2,(H,29,31,35)/b32-25-. The number of carbonyl (C=O) groups excluding carboxylic acids is 1. The van der Waals surface area contributed by atoms with E-state index in [0.29, 0.717) is 46.6 Å². The zero-order valence-corrected chi connectivity index (χ0v) is 24.5. The first-order valence-electron chi connectivity index (χ1n) is 14.2. The van der Waals surface area contributed by atoms with Crippen LogP contribution in [0.5, 0.6) is 5.88 Å². The number of nitrogens with one attached hydrogen (secondary N) is 1. The van der Waals surface area contributed by atoms with Crippen molar-refractivity contribution in [1.82, 2.24) is 19.9 Å². The zero-order valence-electron chi connectivity index (χ0n) is 22.8. The van der Waals surface area contributed by atoms with Crippen LogP contribution in [-0.4, -0.2) is 97.7 Å². The van der Waals surface area contributed by atoms with Crippen molar-refractivity contribution in [2.75, 3.05) is 57.9 Å². The first-order valence-corrected chi connectivity index (χ1v) is 16.5. The number of aromatic nitrogens is 2. The monoisotopic (exact) mass is 598 g/mol. The summed E-state index contributed by atoms with van der Waals surface area (Å²) in [6.45, 7) is 5.87. The van der Waals surface area contributed by atoms with E-state index in [0.717, 1.165) is 45.6 Å². The number of likely N-dealkylation sites (tertiary alicyclic amines) is 1. The third kappa shape index (κ3) is 6.53. The lowest BCUT2D eigenvalue weighted by Gasteiger charge is -2.15. The highest BCUT2D eigenvalue weighted by molar-refractivity contribution is 7.92. The Balaban J connectivity index is 1.17. The molecule has 2 aromatic heterocycles. The number of hydrazone groups is 1. The van der Waals surface area contributed by atoms with Crippen LogP contribution in [0.2, 0.25) is 0 Å². The fourth-order valence-corrected chi connectivity index (χ4v) is 7.71. The number of fused-ring (bicyclic) bond motifs is 1. The van der Waals surface area contributed by atoms with E-state index in [-0.39, 0.29) is 17.2 Å². The number of rotatable bonds is 10. The molecule has 1 aromatic carbocycles. The van der Waals surface area contributed by atoms with Crippen LogP contribution < -0.4 is 10.1 Å². The minimum absolute atomic E-state index is 0.206. The number of hydrogen-bond acceptors (Lipinski definition) is 11. The fourth-order valence-electron chi connectivity index (χ4n) is 5.30. The van der Waals surface area contributed by atoms with Crippen LogP contribution in [0, 0.1) is 0 Å². The largest absolute Gasteiger partial charge is 0.476 e. The number of ether oxygens (including phenoxy) is 2. The van der Waals surface area contributed by atoms with Gasteiger partial charge in [-0.05, 0) is 63.4 Å². The van der Waals surface area contributed by atoms with Gasteiger partial charge in [-0.3, -0.25) is 20.0 Å². The molecule has 11 nitrogen and oxygen atoms in total. The lowest BCUT2D eigenvalue weighted by atomic mass is 10.1. The summed E-state index contributed by atoms with van der Waals surface area (Å²) in [5.74, 6) is 0.117. The molecular formula is C28H34N6O5S2. The van der Waals surface area contributed by atoms with E-state index >= 15 is 0 Å². The van der Waals surface area contributed by atoms with Crippen molar-refractivity contribution >= 4 is 48.3 Å². The van der Waals surface area contributed by atoms with Gasteiger partial charge in [0.15, 0.2) is 20.7 Å². The van der Waals surface area contributed by atoms with Gasteiger partial charge in [-0.2, -0.15) is 5.10 Å². The van der Waals surface area contributed by atoms with E-state index in [1.165, 1.54) is 24.2 Å². The molecule has 1 N–H and O–H groups in total. The van der Waals surface area contributed by atoms with Crippen LogP contribution in [0.3, 0.4) is 0 Å². The lowest BCUT2D eigenvalue weighted by Crippen LogP contribution is -2.27. The second kappa shape index (κ2) is 12.4. The third-order valence-electron chi connectivity index (χ3n) is 7.63. The fraction of sp³-hybridized carbons (Fsp3) is 0.500. The maximum Gasteiger partial charge on any atom is 0.278 e. The quantitative estimate of drug-likeness (QED) is 0.350. The zero-order chi connectivity index (χ0) is 28.2. The van der Waals surface area contributed by atoms with Crippen LogP contribution in [0.15, 0.2) is 46.4 Å². The molecule has 0 saturated carbocycles. The number of amides is 1. The van der Waals surface area contributed by atoms with Crippen LogP contribution in [0.1, 0.15) is 37.7 Å². The summed E-state index contributed by atoms with van der Waals surface area (Å²) >= 11 is 1.27. The molecule has 5 heterocycles. The minimum atomic E-state index is -3.50. The highest BCUT2D eigenvalue weighted by atomic mass is 32.2. The molecular weight excluding hydrogens is 564 g/mol. The predicted octanol–water partition coefficient (Wildman–Crippen LogP) is 3.17. The molecule has 0 spiro atoms. The Hall–Kier alpha value is -3.13. The Bertz CT molecular complexity index is 1510. The van der Waals surface area contributed by atoms with Crippen LogP contribution in [0.25, 0.3) is 10.3 Å². The molecule has 3 aliphatic rings. The van der Waals surface area contributed by atoms with Crippen molar-refractivity contribution in [3.8, 4) is 5.88 Å². The van der Waals surface area contributed by atoms with Gasteiger partial charge in [0.1, 0.15) is 17.0 Å². The van der Waals surface area contributed by atoms with Crippen molar-refractivity contribution in [1.29, 1.82) is 0 Å². The number of anilines is 1. The van der Waals surface area contributed by atoms with Gasteiger partial charge in [0.2, 0.25) is 5.88 Å². The summed E-state index contributed by atoms with van der Waals surface area (Å²) in [5, 5.41) is 9.27. The first-order chi connectivity index (χ1) is 20.0. The highest BCUT2D eigenvalue weighted by Crippen LogP contribution is 2.27. The summed E-state index contributed by atoms with van der Waals surface area (Å²) in [4.78, 5) is 25.9. The molecule has 6 rings (SSSR count). The Morgan fingerprint density at radius 1 is 1.05 bits per heavy atom. The van der Waals surface area contributed by atoms with Gasteiger partial charge < -0.3 is 9.47 Å². The molecule has 0 radical (unpaired) electrons. The van der Waals surface area contributed by atoms with E-state index in [1.54, 1.807) is 30.3 Å². The van der Waals surface area contributed by atoms with Gasteiger partial charge >= 0.3 is 0 Å². The van der Waals surface area contributed by atoms with Gasteiger partial charge in [0.05, 0.1) is 16.8 Å². The predicted molar refractivity (Wildman–Crippen MR) is 157 cm³/mol. The van der Waals surface area contributed by atoms with E-state index in [9.17, 15) is 13.2 Å². The average molecular weight is 599 g/mol.